The van der Waals surface area contributed by atoms with E-state index in [0.717, 1.165) is 12.5 Å². The van der Waals surface area contributed by atoms with E-state index in [9.17, 15) is 13.2 Å². The number of hydrogen-bond acceptors (Lipinski definition) is 2. The summed E-state index contributed by atoms with van der Waals surface area (Å²) in [6.45, 7) is 4.34. The second kappa shape index (κ2) is 6.09. The Morgan fingerprint density at radius 3 is 2.44 bits per heavy atom. The molecule has 0 fully saturated rings. The van der Waals surface area contributed by atoms with Crippen LogP contribution in [-0.4, -0.2) is 6.61 Å². The molecule has 0 bridgehead atoms. The molecule has 0 unspecified atom stereocenters. The van der Waals surface area contributed by atoms with Crippen LogP contribution in [0, 0.1) is 5.92 Å². The maximum atomic E-state index is 12.8. The van der Waals surface area contributed by atoms with E-state index in [1.807, 2.05) is 13.8 Å². The average molecular weight is 261 g/mol. The average Bonchev–Trinajstić information content (AvgIpc) is 2.27. The van der Waals surface area contributed by atoms with Gasteiger partial charge in [-0.2, -0.15) is 13.2 Å². The molecule has 0 amide bonds. The molecule has 0 aromatic heterocycles. The number of ether oxygens (including phenoxy) is 1. The predicted molar refractivity (Wildman–Crippen MR) is 64.3 cm³/mol. The fraction of sp³-hybridized carbons (Fsp3) is 0.538. The van der Waals surface area contributed by atoms with Gasteiger partial charge in [-0.3, -0.25) is 0 Å². The summed E-state index contributed by atoms with van der Waals surface area (Å²) in [6, 6.07) is 3.94. The van der Waals surface area contributed by atoms with Crippen molar-refractivity contribution in [3.63, 3.8) is 0 Å². The monoisotopic (exact) mass is 261 g/mol. The molecule has 0 aliphatic carbocycles. The van der Waals surface area contributed by atoms with Gasteiger partial charge in [0, 0.05) is 6.54 Å². The number of nitrogens with two attached hydrogens (primary N) is 1. The third-order valence-electron chi connectivity index (χ3n) is 2.54. The first-order chi connectivity index (χ1) is 8.34. The third-order valence-corrected chi connectivity index (χ3v) is 2.54. The highest BCUT2D eigenvalue weighted by molar-refractivity contribution is 5.39. The SMILES string of the molecule is CC(C)CCOc1ccc(CN)cc1C(F)(F)F. The van der Waals surface area contributed by atoms with E-state index in [4.69, 9.17) is 10.5 Å². The van der Waals surface area contributed by atoms with Gasteiger partial charge in [0.2, 0.25) is 0 Å². The maximum absolute atomic E-state index is 12.8. The van der Waals surface area contributed by atoms with E-state index in [2.05, 4.69) is 0 Å². The molecule has 0 saturated heterocycles. The van der Waals surface area contributed by atoms with Gasteiger partial charge in [-0.25, -0.2) is 0 Å². The third kappa shape index (κ3) is 4.22. The maximum Gasteiger partial charge on any atom is 0.419 e. The van der Waals surface area contributed by atoms with Gasteiger partial charge in [-0.05, 0) is 30.0 Å². The fourth-order valence-corrected chi connectivity index (χ4v) is 1.46. The van der Waals surface area contributed by atoms with E-state index >= 15 is 0 Å². The summed E-state index contributed by atoms with van der Waals surface area (Å²) in [6.07, 6.45) is -3.70. The number of rotatable bonds is 5. The zero-order valence-electron chi connectivity index (χ0n) is 10.6. The van der Waals surface area contributed by atoms with Crippen LogP contribution in [0.3, 0.4) is 0 Å². The summed E-state index contributed by atoms with van der Waals surface area (Å²) in [4.78, 5) is 0. The Hall–Kier alpha value is -1.23. The molecule has 18 heavy (non-hydrogen) atoms. The lowest BCUT2D eigenvalue weighted by Gasteiger charge is -2.15. The van der Waals surface area contributed by atoms with Crippen LogP contribution in [0.2, 0.25) is 0 Å². The van der Waals surface area contributed by atoms with Crippen LogP contribution >= 0.6 is 0 Å². The lowest BCUT2D eigenvalue weighted by Crippen LogP contribution is -2.11. The van der Waals surface area contributed by atoms with Crippen molar-refractivity contribution in [3.05, 3.63) is 29.3 Å². The molecule has 0 radical (unpaired) electrons. The highest BCUT2D eigenvalue weighted by Crippen LogP contribution is 2.36. The molecule has 0 saturated carbocycles. The van der Waals surface area contributed by atoms with Crippen molar-refractivity contribution < 1.29 is 17.9 Å². The van der Waals surface area contributed by atoms with Crippen molar-refractivity contribution in [3.8, 4) is 5.75 Å². The lowest BCUT2D eigenvalue weighted by molar-refractivity contribution is -0.139. The van der Waals surface area contributed by atoms with Crippen LogP contribution < -0.4 is 10.5 Å². The molecule has 2 nitrogen and oxygen atoms in total. The Kier molecular flexibility index (Phi) is 5.02. The first-order valence-electron chi connectivity index (χ1n) is 5.87. The zero-order valence-corrected chi connectivity index (χ0v) is 10.6. The number of benzene rings is 1. The molecule has 0 aliphatic rings. The van der Waals surface area contributed by atoms with Crippen molar-refractivity contribution in [2.75, 3.05) is 6.61 Å². The number of hydrogen-bond donors (Lipinski definition) is 1. The summed E-state index contributed by atoms with van der Waals surface area (Å²) in [5.74, 6) is 0.267. The molecule has 0 spiro atoms. The van der Waals surface area contributed by atoms with Gasteiger partial charge >= 0.3 is 6.18 Å². The predicted octanol–water partition coefficient (Wildman–Crippen LogP) is 3.59. The van der Waals surface area contributed by atoms with Crippen LogP contribution in [0.4, 0.5) is 13.2 Å². The highest BCUT2D eigenvalue weighted by Gasteiger charge is 2.34. The second-order valence-electron chi connectivity index (χ2n) is 4.56. The van der Waals surface area contributed by atoms with Crippen LogP contribution in [-0.2, 0) is 12.7 Å². The highest BCUT2D eigenvalue weighted by atomic mass is 19.4. The number of halogens is 3. The molecular weight excluding hydrogens is 243 g/mol. The Morgan fingerprint density at radius 1 is 1.28 bits per heavy atom. The first kappa shape index (κ1) is 14.8. The summed E-state index contributed by atoms with van der Waals surface area (Å²) < 4.78 is 43.7. The standard InChI is InChI=1S/C13H18F3NO/c1-9(2)5-6-18-12-4-3-10(8-17)7-11(12)13(14,15)16/h3-4,7,9H,5-6,8,17H2,1-2H3. The Bertz CT molecular complexity index is 388. The van der Waals surface area contributed by atoms with Gasteiger partial charge in [0.05, 0.1) is 12.2 Å². The molecule has 0 atom stereocenters. The molecule has 5 heteroatoms. The van der Waals surface area contributed by atoms with Crippen LogP contribution in [0.5, 0.6) is 5.75 Å². The van der Waals surface area contributed by atoms with Gasteiger partial charge in [0.25, 0.3) is 0 Å². The number of alkyl halides is 3. The van der Waals surface area contributed by atoms with Gasteiger partial charge in [0.15, 0.2) is 0 Å². The van der Waals surface area contributed by atoms with Crippen molar-refractivity contribution in [2.45, 2.75) is 33.0 Å². The van der Waals surface area contributed by atoms with E-state index in [1.165, 1.54) is 6.07 Å². The van der Waals surface area contributed by atoms with Crippen LogP contribution in [0.15, 0.2) is 18.2 Å². The molecule has 1 aromatic carbocycles. The van der Waals surface area contributed by atoms with E-state index in [-0.39, 0.29) is 18.9 Å². The summed E-state index contributed by atoms with van der Waals surface area (Å²) in [5, 5.41) is 0. The van der Waals surface area contributed by atoms with E-state index < -0.39 is 11.7 Å². The van der Waals surface area contributed by atoms with Gasteiger partial charge in [-0.15, -0.1) is 0 Å². The minimum absolute atomic E-state index is 0.0787. The van der Waals surface area contributed by atoms with Gasteiger partial charge < -0.3 is 10.5 Å². The van der Waals surface area contributed by atoms with Crippen molar-refractivity contribution >= 4 is 0 Å². The summed E-state index contributed by atoms with van der Waals surface area (Å²) in [5.41, 5.74) is 5.03. The first-order valence-corrected chi connectivity index (χ1v) is 5.87. The second-order valence-corrected chi connectivity index (χ2v) is 4.56. The Balaban J connectivity index is 2.89. The summed E-state index contributed by atoms with van der Waals surface area (Å²) in [7, 11) is 0. The van der Waals surface area contributed by atoms with Crippen LogP contribution in [0.25, 0.3) is 0 Å². The molecular formula is C13H18F3NO. The Morgan fingerprint density at radius 2 is 1.94 bits per heavy atom. The summed E-state index contributed by atoms with van der Waals surface area (Å²) >= 11 is 0. The normalized spacial score (nSPS) is 11.9. The Labute approximate surface area is 105 Å². The smallest absolute Gasteiger partial charge is 0.419 e. The molecule has 102 valence electrons. The molecule has 0 aliphatic heterocycles. The quantitative estimate of drug-likeness (QED) is 0.879. The fourth-order valence-electron chi connectivity index (χ4n) is 1.46. The minimum Gasteiger partial charge on any atom is -0.493 e. The largest absolute Gasteiger partial charge is 0.493 e. The van der Waals surface area contributed by atoms with Gasteiger partial charge in [-0.1, -0.05) is 19.9 Å². The zero-order chi connectivity index (χ0) is 13.8. The van der Waals surface area contributed by atoms with Gasteiger partial charge in [0.1, 0.15) is 5.75 Å². The van der Waals surface area contributed by atoms with Crippen LogP contribution in [0.1, 0.15) is 31.4 Å². The molecule has 2 N–H and O–H groups in total. The van der Waals surface area contributed by atoms with E-state index in [1.54, 1.807) is 6.07 Å². The molecule has 0 heterocycles. The molecule has 1 aromatic rings. The minimum atomic E-state index is -4.42. The van der Waals surface area contributed by atoms with Crippen molar-refractivity contribution in [1.82, 2.24) is 0 Å². The lowest BCUT2D eigenvalue weighted by atomic mass is 10.1. The topological polar surface area (TPSA) is 35.2 Å². The molecule has 1 rings (SSSR count). The van der Waals surface area contributed by atoms with Crippen molar-refractivity contribution in [2.24, 2.45) is 11.7 Å². The van der Waals surface area contributed by atoms with Crippen molar-refractivity contribution in [1.29, 1.82) is 0 Å². The van der Waals surface area contributed by atoms with E-state index in [0.29, 0.717) is 11.5 Å².